The SMILES string of the molecule is COC1CC(n2cc(-c3cc(N(C)Cc4ccccc4)n4ncc(C(O)O)c4n3)c3cccnc32)C1. The summed E-state index contributed by atoms with van der Waals surface area (Å²) in [6.07, 6.45) is 5.85. The molecule has 1 saturated carbocycles. The number of hydrogen-bond acceptors (Lipinski definition) is 7. The van der Waals surface area contributed by atoms with Crippen molar-refractivity contribution in [3.8, 4) is 11.3 Å². The molecule has 0 radical (unpaired) electrons. The maximum absolute atomic E-state index is 10.00. The molecule has 36 heavy (non-hydrogen) atoms. The Morgan fingerprint density at radius 3 is 2.67 bits per heavy atom. The van der Waals surface area contributed by atoms with Crippen molar-refractivity contribution in [3.63, 3.8) is 0 Å². The number of rotatable bonds is 7. The van der Waals surface area contributed by atoms with Gasteiger partial charge < -0.3 is 24.4 Å². The molecule has 0 aliphatic heterocycles. The summed E-state index contributed by atoms with van der Waals surface area (Å²) in [5, 5.41) is 25.4. The Hall–Kier alpha value is -3.79. The highest BCUT2D eigenvalue weighted by Gasteiger charge is 2.32. The summed E-state index contributed by atoms with van der Waals surface area (Å²) in [5.74, 6) is 0.790. The second-order valence-corrected chi connectivity index (χ2v) is 9.36. The van der Waals surface area contributed by atoms with Gasteiger partial charge in [-0.25, -0.2) is 9.97 Å². The Morgan fingerprint density at radius 1 is 1.11 bits per heavy atom. The number of anilines is 1. The van der Waals surface area contributed by atoms with Gasteiger partial charge in [0.05, 0.1) is 23.6 Å². The molecule has 2 N–H and O–H groups in total. The van der Waals surface area contributed by atoms with Crippen LogP contribution in [0.15, 0.2) is 67.1 Å². The molecule has 1 aliphatic rings. The number of benzene rings is 1. The average Bonchev–Trinajstić information content (AvgIpc) is 3.46. The predicted molar refractivity (Wildman–Crippen MR) is 137 cm³/mol. The van der Waals surface area contributed by atoms with E-state index in [0.717, 1.165) is 46.5 Å². The lowest BCUT2D eigenvalue weighted by atomic mass is 9.89. The Morgan fingerprint density at radius 2 is 1.92 bits per heavy atom. The molecule has 1 aromatic carbocycles. The van der Waals surface area contributed by atoms with Crippen molar-refractivity contribution in [1.82, 2.24) is 24.1 Å². The summed E-state index contributed by atoms with van der Waals surface area (Å²) < 4.78 is 9.38. The summed E-state index contributed by atoms with van der Waals surface area (Å²) in [5.41, 5.74) is 4.39. The minimum absolute atomic E-state index is 0.259. The quantitative estimate of drug-likeness (QED) is 0.340. The van der Waals surface area contributed by atoms with Gasteiger partial charge in [-0.05, 0) is 30.5 Å². The summed E-state index contributed by atoms with van der Waals surface area (Å²) in [6.45, 7) is 0.653. The Kier molecular flexibility index (Phi) is 5.67. The summed E-state index contributed by atoms with van der Waals surface area (Å²) in [7, 11) is 3.75. The van der Waals surface area contributed by atoms with Crippen molar-refractivity contribution in [3.05, 3.63) is 78.2 Å². The topological polar surface area (TPSA) is 101 Å². The Balaban J connectivity index is 1.50. The number of fused-ring (bicyclic) bond motifs is 2. The second kappa shape index (κ2) is 9.02. The van der Waals surface area contributed by atoms with Crippen molar-refractivity contribution in [2.45, 2.75) is 37.8 Å². The highest BCUT2D eigenvalue weighted by molar-refractivity contribution is 5.94. The molecule has 0 atom stereocenters. The van der Waals surface area contributed by atoms with Gasteiger partial charge in [0.15, 0.2) is 11.9 Å². The largest absolute Gasteiger partial charge is 0.381 e. The molecule has 9 heteroatoms. The van der Waals surface area contributed by atoms with Gasteiger partial charge >= 0.3 is 0 Å². The van der Waals surface area contributed by atoms with Gasteiger partial charge in [0.25, 0.3) is 0 Å². The fraction of sp³-hybridized carbons (Fsp3) is 0.296. The van der Waals surface area contributed by atoms with Crippen LogP contribution in [0.25, 0.3) is 27.9 Å². The van der Waals surface area contributed by atoms with E-state index in [0.29, 0.717) is 18.2 Å². The maximum atomic E-state index is 10.00. The van der Waals surface area contributed by atoms with Gasteiger partial charge in [-0.2, -0.15) is 9.61 Å². The summed E-state index contributed by atoms with van der Waals surface area (Å²) in [6, 6.07) is 16.5. The number of ether oxygens (including phenoxy) is 1. The van der Waals surface area contributed by atoms with Crippen LogP contribution >= 0.6 is 0 Å². The van der Waals surface area contributed by atoms with Crippen LogP contribution in [-0.4, -0.2) is 54.6 Å². The normalized spacial score (nSPS) is 17.7. The first-order valence-electron chi connectivity index (χ1n) is 12.0. The molecule has 1 aliphatic carbocycles. The third-order valence-electron chi connectivity index (χ3n) is 7.07. The third kappa shape index (κ3) is 3.81. The van der Waals surface area contributed by atoms with E-state index in [2.05, 4.69) is 43.9 Å². The zero-order valence-corrected chi connectivity index (χ0v) is 20.2. The van der Waals surface area contributed by atoms with Crippen LogP contribution in [0.4, 0.5) is 5.82 Å². The van der Waals surface area contributed by atoms with Gasteiger partial charge in [0.2, 0.25) is 0 Å². The molecule has 6 rings (SSSR count). The number of nitrogens with zero attached hydrogens (tertiary/aromatic N) is 6. The lowest BCUT2D eigenvalue weighted by Crippen LogP contribution is -2.32. The lowest BCUT2D eigenvalue weighted by Gasteiger charge is -2.35. The predicted octanol–water partition coefficient (Wildman–Crippen LogP) is 3.72. The average molecular weight is 485 g/mol. The van der Waals surface area contributed by atoms with Crippen LogP contribution in [0.2, 0.25) is 0 Å². The monoisotopic (exact) mass is 484 g/mol. The molecule has 0 saturated heterocycles. The van der Waals surface area contributed by atoms with E-state index in [-0.39, 0.29) is 11.7 Å². The molecule has 0 bridgehead atoms. The van der Waals surface area contributed by atoms with Crippen LogP contribution in [0.1, 0.15) is 36.3 Å². The van der Waals surface area contributed by atoms with Crippen LogP contribution < -0.4 is 4.90 Å². The molecule has 0 spiro atoms. The van der Waals surface area contributed by atoms with Crippen molar-refractivity contribution in [2.24, 2.45) is 0 Å². The molecule has 0 amide bonds. The van der Waals surface area contributed by atoms with E-state index in [1.807, 2.05) is 43.6 Å². The first kappa shape index (κ1) is 22.7. The van der Waals surface area contributed by atoms with E-state index in [4.69, 9.17) is 9.72 Å². The fourth-order valence-electron chi connectivity index (χ4n) is 5.02. The molecule has 9 nitrogen and oxygen atoms in total. The Bertz CT molecular complexity index is 1520. The fourth-order valence-corrected chi connectivity index (χ4v) is 5.02. The molecule has 0 unspecified atom stereocenters. The minimum atomic E-state index is -1.68. The molecule has 184 valence electrons. The van der Waals surface area contributed by atoms with Crippen LogP contribution in [-0.2, 0) is 11.3 Å². The van der Waals surface area contributed by atoms with Gasteiger partial charge in [-0.1, -0.05) is 30.3 Å². The third-order valence-corrected chi connectivity index (χ3v) is 7.07. The number of hydrogen-bond donors (Lipinski definition) is 2. The van der Waals surface area contributed by atoms with E-state index in [9.17, 15) is 10.2 Å². The van der Waals surface area contributed by atoms with Gasteiger partial charge in [0, 0.05) is 56.2 Å². The molecular formula is C27H28N6O3. The van der Waals surface area contributed by atoms with Crippen molar-refractivity contribution < 1.29 is 14.9 Å². The Labute approximate surface area is 208 Å². The van der Waals surface area contributed by atoms with E-state index >= 15 is 0 Å². The highest BCUT2D eigenvalue weighted by atomic mass is 16.5. The smallest absolute Gasteiger partial charge is 0.183 e. The number of methoxy groups -OCH3 is 1. The van der Waals surface area contributed by atoms with Gasteiger partial charge in [-0.3, -0.25) is 0 Å². The van der Waals surface area contributed by atoms with Crippen LogP contribution in [0, 0.1) is 0 Å². The lowest BCUT2D eigenvalue weighted by molar-refractivity contribution is -0.0414. The molecule has 5 aromatic rings. The molecule has 1 fully saturated rings. The summed E-state index contributed by atoms with van der Waals surface area (Å²) in [4.78, 5) is 11.6. The van der Waals surface area contributed by atoms with E-state index < -0.39 is 6.29 Å². The molecular weight excluding hydrogens is 456 g/mol. The zero-order valence-electron chi connectivity index (χ0n) is 20.2. The van der Waals surface area contributed by atoms with Crippen LogP contribution in [0.5, 0.6) is 0 Å². The van der Waals surface area contributed by atoms with Crippen molar-refractivity contribution in [2.75, 3.05) is 19.1 Å². The first-order chi connectivity index (χ1) is 17.5. The standard InChI is InChI=1S/C27H28N6O3/c1-31(15-17-7-4-3-5-8-17)24-13-23(30-26-21(27(34)35)14-29-33(24)26)22-16-32(18-11-19(12-18)36-2)25-20(22)9-6-10-28-25/h3-10,13-14,16,18-19,27,34-35H,11-12,15H2,1-2H3. The van der Waals surface area contributed by atoms with Crippen molar-refractivity contribution >= 4 is 22.5 Å². The minimum Gasteiger partial charge on any atom is -0.381 e. The maximum Gasteiger partial charge on any atom is 0.183 e. The molecule has 4 heterocycles. The van der Waals surface area contributed by atoms with Crippen molar-refractivity contribution in [1.29, 1.82) is 0 Å². The number of pyridine rings is 1. The van der Waals surface area contributed by atoms with Gasteiger partial charge in [0.1, 0.15) is 11.5 Å². The highest BCUT2D eigenvalue weighted by Crippen LogP contribution is 2.40. The van der Waals surface area contributed by atoms with Crippen LogP contribution in [0.3, 0.4) is 0 Å². The van der Waals surface area contributed by atoms with E-state index in [1.54, 1.807) is 11.6 Å². The number of aliphatic hydroxyl groups excluding tert-OH is 1. The van der Waals surface area contributed by atoms with E-state index in [1.165, 1.54) is 6.20 Å². The zero-order chi connectivity index (χ0) is 24.8. The first-order valence-corrected chi connectivity index (χ1v) is 12.0. The van der Waals surface area contributed by atoms with Gasteiger partial charge in [-0.15, -0.1) is 0 Å². The second-order valence-electron chi connectivity index (χ2n) is 9.36. The molecule has 4 aromatic heterocycles. The number of aliphatic hydroxyl groups is 2. The number of aromatic nitrogens is 5. The summed E-state index contributed by atoms with van der Waals surface area (Å²) >= 11 is 0.